The summed E-state index contributed by atoms with van der Waals surface area (Å²) in [5.41, 5.74) is 1.76. The Kier molecular flexibility index (Phi) is 4.85. The number of nitrogens with one attached hydrogen (secondary N) is 1. The molecule has 0 unspecified atom stereocenters. The fourth-order valence-corrected chi connectivity index (χ4v) is 3.25. The number of benzene rings is 2. The molecule has 0 aliphatic carbocycles. The van der Waals surface area contributed by atoms with Crippen LogP contribution in [0.4, 0.5) is 11.4 Å². The quantitative estimate of drug-likeness (QED) is 0.847. The number of ether oxygens (including phenoxy) is 1. The highest BCUT2D eigenvalue weighted by atomic mass is 16.5. The standard InChI is InChI=1S/C21H22N2O5/c1-12-7-13(2)9-15(8-12)22-18(24)11-23-16-10-14(19(25)26)5-6-17(16)28-21(3,4)20(23)27/h5-10H,11H2,1-4H3,(H,22,24)(H,25,26). The molecule has 0 aromatic heterocycles. The average molecular weight is 382 g/mol. The minimum Gasteiger partial charge on any atom is -0.478 e. The van der Waals surface area contributed by atoms with Gasteiger partial charge >= 0.3 is 5.97 Å². The molecule has 0 spiro atoms. The summed E-state index contributed by atoms with van der Waals surface area (Å²) in [4.78, 5) is 38.1. The van der Waals surface area contributed by atoms with Crippen molar-refractivity contribution in [1.82, 2.24) is 0 Å². The number of aryl methyl sites for hydroxylation is 2. The van der Waals surface area contributed by atoms with E-state index in [1.165, 1.54) is 23.1 Å². The molecule has 1 aliphatic rings. The van der Waals surface area contributed by atoms with Crippen LogP contribution < -0.4 is 15.0 Å². The number of carbonyl (C=O) groups is 3. The highest BCUT2D eigenvalue weighted by Crippen LogP contribution is 2.38. The molecule has 146 valence electrons. The van der Waals surface area contributed by atoms with Crippen LogP contribution in [0.15, 0.2) is 36.4 Å². The van der Waals surface area contributed by atoms with Crippen molar-refractivity contribution in [2.24, 2.45) is 0 Å². The number of nitrogens with zero attached hydrogens (tertiary/aromatic N) is 1. The molecule has 2 amide bonds. The number of rotatable bonds is 4. The van der Waals surface area contributed by atoms with Crippen LogP contribution in [-0.4, -0.2) is 35.0 Å². The molecule has 1 heterocycles. The minimum atomic E-state index is -1.17. The summed E-state index contributed by atoms with van der Waals surface area (Å²) < 4.78 is 5.71. The van der Waals surface area contributed by atoms with Crippen molar-refractivity contribution >= 4 is 29.2 Å². The van der Waals surface area contributed by atoms with Crippen LogP contribution in [-0.2, 0) is 9.59 Å². The largest absolute Gasteiger partial charge is 0.478 e. The maximum atomic E-state index is 12.9. The fraction of sp³-hybridized carbons (Fsp3) is 0.286. The third kappa shape index (κ3) is 3.83. The highest BCUT2D eigenvalue weighted by molar-refractivity contribution is 6.08. The van der Waals surface area contributed by atoms with Gasteiger partial charge in [-0.2, -0.15) is 0 Å². The van der Waals surface area contributed by atoms with Crippen molar-refractivity contribution in [2.45, 2.75) is 33.3 Å². The first kappa shape index (κ1) is 19.4. The van der Waals surface area contributed by atoms with E-state index in [1.807, 2.05) is 32.0 Å². The van der Waals surface area contributed by atoms with E-state index in [4.69, 9.17) is 4.74 Å². The summed E-state index contributed by atoms with van der Waals surface area (Å²) in [5.74, 6) is -1.57. The van der Waals surface area contributed by atoms with Crippen LogP contribution in [0, 0.1) is 13.8 Å². The number of carboxylic acid groups (broad SMARTS) is 1. The average Bonchev–Trinajstić information content (AvgIpc) is 2.57. The van der Waals surface area contributed by atoms with Crippen molar-refractivity contribution in [3.05, 3.63) is 53.1 Å². The normalized spacial score (nSPS) is 14.9. The van der Waals surface area contributed by atoms with Gasteiger partial charge in [-0.1, -0.05) is 6.07 Å². The Morgan fingerprint density at radius 1 is 1.11 bits per heavy atom. The lowest BCUT2D eigenvalue weighted by molar-refractivity contribution is -0.133. The van der Waals surface area contributed by atoms with Gasteiger partial charge in [0.05, 0.1) is 11.3 Å². The second-order valence-corrected chi connectivity index (χ2v) is 7.42. The van der Waals surface area contributed by atoms with Gasteiger partial charge in [0.15, 0.2) is 5.60 Å². The zero-order valence-electron chi connectivity index (χ0n) is 16.2. The molecule has 7 heteroatoms. The van der Waals surface area contributed by atoms with Crippen molar-refractivity contribution in [2.75, 3.05) is 16.8 Å². The van der Waals surface area contributed by atoms with E-state index in [0.29, 0.717) is 11.4 Å². The summed E-state index contributed by atoms with van der Waals surface area (Å²) in [6, 6.07) is 9.92. The molecular weight excluding hydrogens is 360 g/mol. The molecular formula is C21H22N2O5. The molecule has 0 fully saturated rings. The summed E-state index contributed by atoms with van der Waals surface area (Å²) >= 11 is 0. The van der Waals surface area contributed by atoms with Crippen molar-refractivity contribution < 1.29 is 24.2 Å². The number of fused-ring (bicyclic) bond motifs is 1. The number of amides is 2. The Hall–Kier alpha value is -3.35. The Bertz CT molecular complexity index is 961. The monoisotopic (exact) mass is 382 g/mol. The fourth-order valence-electron chi connectivity index (χ4n) is 3.25. The lowest BCUT2D eigenvalue weighted by Gasteiger charge is -2.38. The van der Waals surface area contributed by atoms with Crippen LogP contribution in [0.2, 0.25) is 0 Å². The molecule has 7 nitrogen and oxygen atoms in total. The molecule has 2 N–H and O–H groups in total. The SMILES string of the molecule is Cc1cc(C)cc(NC(=O)CN2C(=O)C(C)(C)Oc3ccc(C(=O)O)cc32)c1. The van der Waals surface area contributed by atoms with E-state index in [9.17, 15) is 19.5 Å². The molecule has 28 heavy (non-hydrogen) atoms. The van der Waals surface area contributed by atoms with Gasteiger partial charge in [0.25, 0.3) is 5.91 Å². The van der Waals surface area contributed by atoms with Crippen molar-refractivity contribution in [3.63, 3.8) is 0 Å². The van der Waals surface area contributed by atoms with Crippen LogP contribution in [0.5, 0.6) is 5.75 Å². The molecule has 0 bridgehead atoms. The molecule has 3 rings (SSSR count). The molecule has 0 radical (unpaired) electrons. The summed E-state index contributed by atoms with van der Waals surface area (Å²) in [5, 5.41) is 12.0. The van der Waals surface area contributed by atoms with Gasteiger partial charge in [-0.15, -0.1) is 0 Å². The van der Waals surface area contributed by atoms with E-state index in [0.717, 1.165) is 11.1 Å². The number of hydrogen-bond acceptors (Lipinski definition) is 4. The maximum absolute atomic E-state index is 12.9. The summed E-state index contributed by atoms with van der Waals surface area (Å²) in [7, 11) is 0. The van der Waals surface area contributed by atoms with Crippen LogP contribution in [0.25, 0.3) is 0 Å². The number of carboxylic acids is 1. The molecule has 2 aromatic carbocycles. The van der Waals surface area contributed by atoms with Crippen molar-refractivity contribution in [1.29, 1.82) is 0 Å². The van der Waals surface area contributed by atoms with E-state index in [1.54, 1.807) is 13.8 Å². The number of anilines is 2. The third-order valence-electron chi connectivity index (χ3n) is 4.43. The Morgan fingerprint density at radius 3 is 2.36 bits per heavy atom. The van der Waals surface area contributed by atoms with Crippen LogP contribution in [0.3, 0.4) is 0 Å². The van der Waals surface area contributed by atoms with Gasteiger partial charge in [0.2, 0.25) is 5.91 Å². The van der Waals surface area contributed by atoms with E-state index in [-0.39, 0.29) is 23.7 Å². The lowest BCUT2D eigenvalue weighted by Crippen LogP contribution is -2.54. The predicted octanol–water partition coefficient (Wildman–Crippen LogP) is 3.14. The van der Waals surface area contributed by atoms with Crippen LogP contribution in [0.1, 0.15) is 35.3 Å². The molecule has 1 aliphatic heterocycles. The number of aromatic carboxylic acids is 1. The molecule has 0 atom stereocenters. The zero-order valence-corrected chi connectivity index (χ0v) is 16.2. The topological polar surface area (TPSA) is 95.9 Å². The Balaban J connectivity index is 1.91. The van der Waals surface area contributed by atoms with Gasteiger partial charge in [0.1, 0.15) is 12.3 Å². The zero-order chi connectivity index (χ0) is 20.6. The highest BCUT2D eigenvalue weighted by Gasteiger charge is 2.41. The third-order valence-corrected chi connectivity index (χ3v) is 4.43. The second-order valence-electron chi connectivity index (χ2n) is 7.42. The van der Waals surface area contributed by atoms with Crippen molar-refractivity contribution in [3.8, 4) is 5.75 Å². The van der Waals surface area contributed by atoms with E-state index < -0.39 is 17.5 Å². The molecule has 0 saturated carbocycles. The number of carbonyl (C=O) groups excluding carboxylic acids is 2. The first-order valence-corrected chi connectivity index (χ1v) is 8.83. The van der Waals surface area contributed by atoms with E-state index >= 15 is 0 Å². The van der Waals surface area contributed by atoms with E-state index in [2.05, 4.69) is 5.32 Å². The smallest absolute Gasteiger partial charge is 0.335 e. The first-order chi connectivity index (χ1) is 13.1. The number of hydrogen-bond donors (Lipinski definition) is 2. The second kappa shape index (κ2) is 6.99. The molecule has 2 aromatic rings. The van der Waals surface area contributed by atoms with Gasteiger partial charge in [-0.05, 0) is 69.2 Å². The predicted molar refractivity (Wildman–Crippen MR) is 105 cm³/mol. The summed E-state index contributed by atoms with van der Waals surface area (Å²) in [6.45, 7) is 6.83. The lowest BCUT2D eigenvalue weighted by atomic mass is 10.0. The van der Waals surface area contributed by atoms with Gasteiger partial charge in [-0.25, -0.2) is 4.79 Å². The minimum absolute atomic E-state index is 0.00886. The van der Waals surface area contributed by atoms with Crippen LogP contribution >= 0.6 is 0 Å². The Labute approximate surface area is 162 Å². The van der Waals surface area contributed by atoms with Gasteiger partial charge < -0.3 is 15.2 Å². The first-order valence-electron chi connectivity index (χ1n) is 8.83. The Morgan fingerprint density at radius 2 is 1.75 bits per heavy atom. The maximum Gasteiger partial charge on any atom is 0.335 e. The molecule has 0 saturated heterocycles. The summed E-state index contributed by atoms with van der Waals surface area (Å²) in [6.07, 6.45) is 0. The van der Waals surface area contributed by atoms with Gasteiger partial charge in [0, 0.05) is 5.69 Å². The van der Waals surface area contributed by atoms with Gasteiger partial charge in [-0.3, -0.25) is 14.5 Å².